The average molecular weight is 492 g/mol. The fourth-order valence-corrected chi connectivity index (χ4v) is 5.50. The maximum atomic E-state index is 13.6. The molecule has 3 heterocycles. The number of pyridine rings is 1. The lowest BCUT2D eigenvalue weighted by molar-refractivity contribution is -0.118. The Bertz CT molecular complexity index is 1650. The Morgan fingerprint density at radius 2 is 1.91 bits per heavy atom. The third-order valence-corrected chi connectivity index (χ3v) is 7.14. The fourth-order valence-electron chi connectivity index (χ4n) is 4.72. The summed E-state index contributed by atoms with van der Waals surface area (Å²) in [6.45, 7) is 0.279. The van der Waals surface area contributed by atoms with Crippen molar-refractivity contribution in [3.8, 4) is 16.9 Å². The molecule has 1 aliphatic heterocycles. The Balaban J connectivity index is 1.68. The van der Waals surface area contributed by atoms with Crippen molar-refractivity contribution in [2.24, 2.45) is 7.05 Å². The van der Waals surface area contributed by atoms with Crippen LogP contribution in [0.5, 0.6) is 5.75 Å². The van der Waals surface area contributed by atoms with Gasteiger partial charge in [0.15, 0.2) is 9.84 Å². The largest absolute Gasteiger partial charge is 0.497 e. The summed E-state index contributed by atoms with van der Waals surface area (Å²) in [6.07, 6.45) is 4.87. The van der Waals surface area contributed by atoms with E-state index in [1.165, 1.54) is 10.8 Å². The van der Waals surface area contributed by atoms with Crippen molar-refractivity contribution in [3.05, 3.63) is 81.9 Å². The Hall–Kier alpha value is -3.85. The van der Waals surface area contributed by atoms with E-state index in [1.807, 2.05) is 30.3 Å². The van der Waals surface area contributed by atoms with Gasteiger partial charge in [0.25, 0.3) is 5.56 Å². The number of carbonyl (C=O) groups excluding carboxylic acids is 1. The van der Waals surface area contributed by atoms with Gasteiger partial charge in [-0.1, -0.05) is 18.2 Å². The number of ether oxygens (including phenoxy) is 1. The number of anilines is 1. The van der Waals surface area contributed by atoms with Crippen molar-refractivity contribution in [2.75, 3.05) is 18.3 Å². The first-order valence-corrected chi connectivity index (χ1v) is 13.1. The highest BCUT2D eigenvalue weighted by atomic mass is 32.2. The lowest BCUT2D eigenvalue weighted by Gasteiger charge is -2.24. The van der Waals surface area contributed by atoms with Crippen molar-refractivity contribution in [2.45, 2.75) is 18.7 Å². The van der Waals surface area contributed by atoms with Crippen LogP contribution < -0.4 is 15.2 Å². The van der Waals surface area contributed by atoms with Crippen LogP contribution in [0.3, 0.4) is 0 Å². The zero-order valence-electron chi connectivity index (χ0n) is 19.7. The van der Waals surface area contributed by atoms with Gasteiger partial charge in [-0.25, -0.2) is 8.42 Å². The minimum absolute atomic E-state index is 0.118. The highest BCUT2D eigenvalue weighted by Crippen LogP contribution is 2.41. The summed E-state index contributed by atoms with van der Waals surface area (Å²) in [6, 6.07) is 12.7. The van der Waals surface area contributed by atoms with Gasteiger partial charge in [-0.15, -0.1) is 0 Å². The summed E-state index contributed by atoms with van der Waals surface area (Å²) in [5.41, 5.74) is 4.72. The number of benzene rings is 2. The van der Waals surface area contributed by atoms with Crippen LogP contribution >= 0.6 is 0 Å². The van der Waals surface area contributed by atoms with Gasteiger partial charge in [0.05, 0.1) is 31.5 Å². The number of hydrogen-bond donors (Lipinski definition) is 1. The molecule has 0 bridgehead atoms. The average Bonchev–Trinajstić information content (AvgIpc) is 3.17. The molecule has 180 valence electrons. The Morgan fingerprint density at radius 1 is 1.11 bits per heavy atom. The number of aromatic nitrogens is 2. The van der Waals surface area contributed by atoms with Crippen LogP contribution in [0.25, 0.3) is 22.0 Å². The highest BCUT2D eigenvalue weighted by Gasteiger charge is 2.28. The lowest BCUT2D eigenvalue weighted by Crippen LogP contribution is -2.31. The van der Waals surface area contributed by atoms with E-state index in [0.717, 1.165) is 22.1 Å². The molecule has 8 nitrogen and oxygen atoms in total. The molecule has 4 aromatic rings. The highest BCUT2D eigenvalue weighted by molar-refractivity contribution is 7.89. The van der Waals surface area contributed by atoms with Crippen molar-refractivity contribution in [1.29, 1.82) is 0 Å². The number of nitrogens with one attached hydrogen (secondary N) is 1. The summed E-state index contributed by atoms with van der Waals surface area (Å²) >= 11 is 0. The summed E-state index contributed by atoms with van der Waals surface area (Å²) in [4.78, 5) is 31.2. The molecule has 0 spiro atoms. The Kier molecular flexibility index (Phi) is 5.52. The first-order valence-electron chi connectivity index (χ1n) is 11.1. The van der Waals surface area contributed by atoms with E-state index in [2.05, 4.69) is 4.98 Å². The van der Waals surface area contributed by atoms with E-state index in [0.29, 0.717) is 28.1 Å². The molecule has 2 aromatic heterocycles. The van der Waals surface area contributed by atoms with Crippen LogP contribution in [-0.2, 0) is 40.4 Å². The number of methoxy groups -OCH3 is 1. The maximum absolute atomic E-state index is 13.6. The quantitative estimate of drug-likeness (QED) is 0.462. The van der Waals surface area contributed by atoms with E-state index in [4.69, 9.17) is 4.74 Å². The Morgan fingerprint density at radius 3 is 2.66 bits per heavy atom. The number of aryl methyl sites for hydroxylation is 1. The van der Waals surface area contributed by atoms with E-state index < -0.39 is 9.84 Å². The monoisotopic (exact) mass is 491 g/mol. The van der Waals surface area contributed by atoms with Crippen LogP contribution in [0.4, 0.5) is 5.69 Å². The normalized spacial score (nSPS) is 12.9. The second kappa shape index (κ2) is 8.42. The first kappa shape index (κ1) is 22.9. The molecule has 1 N–H and O–H groups in total. The van der Waals surface area contributed by atoms with Crippen LogP contribution in [0.2, 0.25) is 0 Å². The summed E-state index contributed by atoms with van der Waals surface area (Å²) in [7, 11) is -0.00212. The smallest absolute Gasteiger partial charge is 0.274 e. The lowest BCUT2D eigenvalue weighted by atomic mass is 9.99. The summed E-state index contributed by atoms with van der Waals surface area (Å²) in [5.74, 6) is 0.434. The first-order chi connectivity index (χ1) is 16.6. The number of hydrogen-bond acceptors (Lipinski definition) is 5. The number of rotatable bonds is 5. The zero-order valence-corrected chi connectivity index (χ0v) is 20.5. The SMILES string of the molecule is COc1cccc(CC(=O)N2Cc3c[nH]c4c(=O)n(C)cc(c34)-c3cc(CS(C)(=O)=O)ccc32)c1. The number of sulfone groups is 1. The molecule has 0 atom stereocenters. The molecule has 0 fully saturated rings. The molecule has 2 aromatic carbocycles. The van der Waals surface area contributed by atoms with Crippen molar-refractivity contribution in [1.82, 2.24) is 9.55 Å². The van der Waals surface area contributed by atoms with Crippen molar-refractivity contribution >= 4 is 32.3 Å². The third-order valence-electron chi connectivity index (χ3n) is 6.28. The molecule has 35 heavy (non-hydrogen) atoms. The van der Waals surface area contributed by atoms with E-state index in [9.17, 15) is 18.0 Å². The second-order valence-corrected chi connectivity index (χ2v) is 11.1. The zero-order chi connectivity index (χ0) is 24.9. The minimum atomic E-state index is -3.26. The third kappa shape index (κ3) is 4.23. The van der Waals surface area contributed by atoms with Gasteiger partial charge in [0.2, 0.25) is 5.91 Å². The predicted octanol–water partition coefficient (Wildman–Crippen LogP) is 3.18. The standard InChI is InChI=1S/C26H25N3O5S/c1-28-14-21-20-10-17(15-35(3,32)33)7-8-22(20)29(13-18-12-27-25(24(18)21)26(28)31)23(30)11-16-5-4-6-19(9-16)34-2/h4-10,12,14,27H,11,13,15H2,1-3H3. The molecular formula is C26H25N3O5S. The van der Waals surface area contributed by atoms with Gasteiger partial charge < -0.3 is 19.2 Å². The Labute approximate surface area is 202 Å². The number of nitrogens with zero attached hydrogens (tertiary/aromatic N) is 2. The van der Waals surface area contributed by atoms with Gasteiger partial charge in [0.1, 0.15) is 11.3 Å². The number of H-pyrrole nitrogens is 1. The number of carbonyl (C=O) groups is 1. The molecule has 1 amide bonds. The van der Waals surface area contributed by atoms with Gasteiger partial charge in [-0.3, -0.25) is 9.59 Å². The van der Waals surface area contributed by atoms with Crippen LogP contribution in [0.1, 0.15) is 16.7 Å². The number of aromatic amines is 1. The van der Waals surface area contributed by atoms with E-state index >= 15 is 0 Å². The second-order valence-electron chi connectivity index (χ2n) is 8.95. The molecule has 5 rings (SSSR count). The molecular weight excluding hydrogens is 466 g/mol. The molecule has 0 radical (unpaired) electrons. The molecule has 0 aliphatic carbocycles. The number of fused-ring (bicyclic) bond motifs is 2. The van der Waals surface area contributed by atoms with Crippen molar-refractivity contribution in [3.63, 3.8) is 0 Å². The molecule has 9 heteroatoms. The number of amides is 1. The van der Waals surface area contributed by atoms with E-state index in [-0.39, 0.29) is 30.2 Å². The maximum Gasteiger partial charge on any atom is 0.274 e. The van der Waals surface area contributed by atoms with Gasteiger partial charge >= 0.3 is 0 Å². The van der Waals surface area contributed by atoms with Crippen LogP contribution in [-0.4, -0.2) is 37.2 Å². The topological polar surface area (TPSA) is 101 Å². The van der Waals surface area contributed by atoms with Gasteiger partial charge in [-0.05, 0) is 41.0 Å². The minimum Gasteiger partial charge on any atom is -0.497 e. The van der Waals surface area contributed by atoms with E-state index in [1.54, 1.807) is 43.6 Å². The molecule has 0 saturated carbocycles. The molecule has 1 aliphatic rings. The summed E-state index contributed by atoms with van der Waals surface area (Å²) in [5, 5.41) is 0.752. The molecule has 0 saturated heterocycles. The van der Waals surface area contributed by atoms with Gasteiger partial charge in [0, 0.05) is 42.2 Å². The predicted molar refractivity (Wildman–Crippen MR) is 135 cm³/mol. The van der Waals surface area contributed by atoms with Gasteiger partial charge in [-0.2, -0.15) is 0 Å². The van der Waals surface area contributed by atoms with Crippen LogP contribution in [0.15, 0.2) is 59.7 Å². The fraction of sp³-hybridized carbons (Fsp3) is 0.231. The van der Waals surface area contributed by atoms with Crippen LogP contribution in [0, 0.1) is 0 Å². The molecule has 0 unspecified atom stereocenters. The van der Waals surface area contributed by atoms with Crippen molar-refractivity contribution < 1.29 is 17.9 Å². The summed E-state index contributed by atoms with van der Waals surface area (Å²) < 4.78 is 30.8.